The van der Waals surface area contributed by atoms with E-state index >= 15 is 0 Å². The molecule has 1 saturated heterocycles. The Morgan fingerprint density at radius 3 is 2.39 bits per heavy atom. The zero-order chi connectivity index (χ0) is 23.4. The second-order valence-electron chi connectivity index (χ2n) is 6.72. The molecule has 0 radical (unpaired) electrons. The highest BCUT2D eigenvalue weighted by molar-refractivity contribution is 8.07. The van der Waals surface area contributed by atoms with E-state index in [1.54, 1.807) is 24.3 Å². The molecule has 0 bridgehead atoms. The highest BCUT2D eigenvalue weighted by atomic mass is 32.5. The minimum absolute atomic E-state index is 0.0163. The summed E-state index contributed by atoms with van der Waals surface area (Å²) in [6.45, 7) is 6.81. The second-order valence-corrected chi connectivity index (χ2v) is 9.83. The maximum atomic E-state index is 12.5. The lowest BCUT2D eigenvalue weighted by Crippen LogP contribution is -2.34. The molecule has 1 aromatic carbocycles. The molecular formula is C21H34NO7PS. The summed E-state index contributed by atoms with van der Waals surface area (Å²) in [4.78, 5) is 23.4. The number of nitrogens with one attached hydrogen (secondary N) is 1. The van der Waals surface area contributed by atoms with Gasteiger partial charge in [-0.05, 0) is 30.9 Å². The average Bonchev–Trinajstić information content (AvgIpc) is 3.05. The second kappa shape index (κ2) is 13.9. The van der Waals surface area contributed by atoms with Gasteiger partial charge in [0.05, 0.1) is 24.9 Å². The largest absolute Gasteiger partial charge is 0.456 e. The summed E-state index contributed by atoms with van der Waals surface area (Å²) in [5.41, 5.74) is 0.474. The zero-order valence-corrected chi connectivity index (χ0v) is 20.7. The first-order chi connectivity index (χ1) is 14.8. The minimum Gasteiger partial charge on any atom is -0.456 e. The third-order valence-electron chi connectivity index (χ3n) is 4.61. The summed E-state index contributed by atoms with van der Waals surface area (Å²) in [6, 6.07) is 8.79. The fraction of sp³-hybridized carbons (Fsp3) is 0.619. The first kappa shape index (κ1) is 27.7. The maximum Gasteiger partial charge on any atom is 0.338 e. The number of hydrogen-bond donors (Lipinski definition) is 1. The summed E-state index contributed by atoms with van der Waals surface area (Å²) >= 11 is 5.35. The molecule has 10 heteroatoms. The van der Waals surface area contributed by atoms with Crippen LogP contribution in [0.1, 0.15) is 45.0 Å². The van der Waals surface area contributed by atoms with Crippen molar-refractivity contribution in [3.8, 4) is 0 Å². The number of rotatable bonds is 10. The Hall–Kier alpha value is -1.35. The van der Waals surface area contributed by atoms with Gasteiger partial charge in [0.15, 0.2) is 0 Å². The van der Waals surface area contributed by atoms with Crippen molar-refractivity contribution in [3.05, 3.63) is 35.9 Å². The Kier molecular flexibility index (Phi) is 12.4. The molecule has 0 saturated carbocycles. The van der Waals surface area contributed by atoms with E-state index in [4.69, 9.17) is 34.9 Å². The lowest BCUT2D eigenvalue weighted by molar-refractivity contribution is -0.119. The zero-order valence-electron chi connectivity index (χ0n) is 19.0. The number of carbonyl (C=O) groups is 2. The molecule has 176 valence electrons. The topological polar surface area (TPSA) is 92.3 Å². The van der Waals surface area contributed by atoms with Gasteiger partial charge in [0.1, 0.15) is 12.2 Å². The maximum absolute atomic E-state index is 12.5. The van der Waals surface area contributed by atoms with Crippen LogP contribution in [-0.2, 0) is 39.6 Å². The van der Waals surface area contributed by atoms with Gasteiger partial charge in [-0.25, -0.2) is 4.79 Å². The van der Waals surface area contributed by atoms with Crippen LogP contribution in [0.3, 0.4) is 0 Å². The molecule has 1 heterocycles. The molecule has 0 aliphatic carbocycles. The fourth-order valence-electron chi connectivity index (χ4n) is 2.86. The predicted molar refractivity (Wildman–Crippen MR) is 122 cm³/mol. The van der Waals surface area contributed by atoms with E-state index in [2.05, 4.69) is 5.32 Å². The van der Waals surface area contributed by atoms with Gasteiger partial charge in [-0.2, -0.15) is 0 Å². The third kappa shape index (κ3) is 8.96. The SMILES string of the molecule is CC.COP(=S)(OCCNC(C)=O)OC[C@H]1O[C@@H](C)[C@H](C)[C@@H]1OC(=O)c1ccccc1. The number of hydrogen-bond acceptors (Lipinski definition) is 8. The molecule has 0 aromatic heterocycles. The number of ether oxygens (including phenoxy) is 2. The number of benzene rings is 1. The summed E-state index contributed by atoms with van der Waals surface area (Å²) in [7, 11) is 1.41. The van der Waals surface area contributed by atoms with E-state index in [0.29, 0.717) is 12.1 Å². The first-order valence-corrected chi connectivity index (χ1v) is 12.9. The normalized spacial score (nSPS) is 24.5. The van der Waals surface area contributed by atoms with Gasteiger partial charge in [-0.3, -0.25) is 4.79 Å². The first-order valence-electron chi connectivity index (χ1n) is 10.4. The van der Waals surface area contributed by atoms with Gasteiger partial charge in [-0.15, -0.1) is 0 Å². The Bertz CT molecular complexity index is 734. The van der Waals surface area contributed by atoms with Crippen LogP contribution in [0.5, 0.6) is 0 Å². The molecular weight excluding hydrogens is 441 g/mol. The van der Waals surface area contributed by atoms with Crippen LogP contribution in [0.4, 0.5) is 0 Å². The summed E-state index contributed by atoms with van der Waals surface area (Å²) in [5.74, 6) is -0.592. The third-order valence-corrected chi connectivity index (χ3v) is 7.10. The molecule has 1 unspecified atom stereocenters. The molecule has 1 aromatic rings. The van der Waals surface area contributed by atoms with Crippen LogP contribution < -0.4 is 5.32 Å². The van der Waals surface area contributed by atoms with Crippen molar-refractivity contribution in [1.82, 2.24) is 5.32 Å². The predicted octanol–water partition coefficient (Wildman–Crippen LogP) is 3.70. The number of amides is 1. The van der Waals surface area contributed by atoms with Crippen molar-refractivity contribution in [3.63, 3.8) is 0 Å². The van der Waals surface area contributed by atoms with E-state index in [0.717, 1.165) is 0 Å². The van der Waals surface area contributed by atoms with Crippen molar-refractivity contribution in [2.75, 3.05) is 26.9 Å². The van der Waals surface area contributed by atoms with Crippen molar-refractivity contribution < 1.29 is 32.6 Å². The molecule has 2 rings (SSSR count). The van der Waals surface area contributed by atoms with Crippen LogP contribution in [0.25, 0.3) is 0 Å². The molecule has 1 amide bonds. The van der Waals surface area contributed by atoms with Gasteiger partial charge >= 0.3 is 12.7 Å². The van der Waals surface area contributed by atoms with Crippen LogP contribution in [-0.4, -0.2) is 57.1 Å². The Morgan fingerprint density at radius 1 is 1.16 bits per heavy atom. The molecule has 1 aliphatic rings. The van der Waals surface area contributed by atoms with Gasteiger partial charge in [0.2, 0.25) is 5.91 Å². The number of carbonyl (C=O) groups excluding carboxylic acids is 2. The highest BCUT2D eigenvalue weighted by Crippen LogP contribution is 2.49. The van der Waals surface area contributed by atoms with Crippen molar-refractivity contribution in [2.45, 2.75) is 52.9 Å². The van der Waals surface area contributed by atoms with E-state index in [1.165, 1.54) is 14.0 Å². The molecule has 0 spiro atoms. The van der Waals surface area contributed by atoms with Crippen molar-refractivity contribution in [2.24, 2.45) is 5.92 Å². The highest BCUT2D eigenvalue weighted by Gasteiger charge is 2.43. The lowest BCUT2D eigenvalue weighted by Gasteiger charge is -2.25. The quantitative estimate of drug-likeness (QED) is 0.311. The summed E-state index contributed by atoms with van der Waals surface area (Å²) in [5, 5.41) is 2.61. The fourth-order valence-corrected chi connectivity index (χ4v) is 4.19. The standard InChI is InChI=1S/C19H28NO7PS.C2H6/c1-13-14(2)26-17(18(13)27-19(22)16-8-6-5-7-9-16)12-25-28(29,23-4)24-11-10-20-15(3)21;1-2/h5-9,13-14,17-18H,10-12H2,1-4H3,(H,20,21);1-2H3/t13-,14-,17+,18-,28?;/m0./s1. The van der Waals surface area contributed by atoms with E-state index in [-0.39, 0.29) is 31.1 Å². The molecule has 8 nitrogen and oxygen atoms in total. The Labute approximate surface area is 190 Å². The van der Waals surface area contributed by atoms with E-state index < -0.39 is 24.9 Å². The van der Waals surface area contributed by atoms with Gasteiger partial charge in [-0.1, -0.05) is 39.0 Å². The van der Waals surface area contributed by atoms with Crippen molar-refractivity contribution in [1.29, 1.82) is 0 Å². The van der Waals surface area contributed by atoms with E-state index in [9.17, 15) is 9.59 Å². The van der Waals surface area contributed by atoms with Crippen LogP contribution >= 0.6 is 6.72 Å². The van der Waals surface area contributed by atoms with Crippen LogP contribution in [0, 0.1) is 5.92 Å². The van der Waals surface area contributed by atoms with Gasteiger partial charge in [0.25, 0.3) is 0 Å². The Balaban J connectivity index is 0.00000233. The minimum atomic E-state index is -3.01. The molecule has 1 aliphatic heterocycles. The Morgan fingerprint density at radius 2 is 1.81 bits per heavy atom. The van der Waals surface area contributed by atoms with Crippen LogP contribution in [0.15, 0.2) is 30.3 Å². The van der Waals surface area contributed by atoms with Gasteiger partial charge < -0.3 is 28.4 Å². The summed E-state index contributed by atoms with van der Waals surface area (Å²) < 4.78 is 28.2. The molecule has 31 heavy (non-hydrogen) atoms. The molecule has 1 fully saturated rings. The van der Waals surface area contributed by atoms with Gasteiger partial charge in [0, 0.05) is 26.5 Å². The smallest absolute Gasteiger partial charge is 0.338 e. The lowest BCUT2D eigenvalue weighted by atomic mass is 9.99. The average molecular weight is 476 g/mol. The summed E-state index contributed by atoms with van der Waals surface area (Å²) in [6.07, 6.45) is -1.10. The number of esters is 1. The van der Waals surface area contributed by atoms with Crippen molar-refractivity contribution >= 4 is 30.4 Å². The van der Waals surface area contributed by atoms with Crippen LogP contribution in [0.2, 0.25) is 0 Å². The monoisotopic (exact) mass is 475 g/mol. The van der Waals surface area contributed by atoms with E-state index in [1.807, 2.05) is 33.8 Å². The molecule has 5 atom stereocenters. The molecule has 1 N–H and O–H groups in total.